The van der Waals surface area contributed by atoms with Crippen molar-refractivity contribution < 1.29 is 18.3 Å². The smallest absolute Gasteiger partial charge is 0.137 e. The Labute approximate surface area is 142 Å². The van der Waals surface area contributed by atoms with Crippen LogP contribution < -0.4 is 0 Å². The molecule has 0 amide bonds. The first-order chi connectivity index (χ1) is 12.0. The zero-order chi connectivity index (χ0) is 18.0. The lowest BCUT2D eigenvalue weighted by molar-refractivity contribution is 0.126. The van der Waals surface area contributed by atoms with Gasteiger partial charge in [-0.25, -0.2) is 22.8 Å². The maximum absolute atomic E-state index is 14.6. The average molecular weight is 347 g/mol. The van der Waals surface area contributed by atoms with E-state index in [9.17, 15) is 18.3 Å². The van der Waals surface area contributed by atoms with E-state index in [0.29, 0.717) is 0 Å². The number of hydrogen-bond acceptors (Lipinski definition) is 3. The number of aliphatic hydroxyl groups excluding tert-OH is 1. The van der Waals surface area contributed by atoms with Crippen LogP contribution in [0.25, 0.3) is 0 Å². The Morgan fingerprint density at radius 1 is 1.12 bits per heavy atom. The fourth-order valence-electron chi connectivity index (χ4n) is 3.19. The van der Waals surface area contributed by atoms with Gasteiger partial charge in [0, 0.05) is 17.5 Å². The molecule has 2 atom stereocenters. The summed E-state index contributed by atoms with van der Waals surface area (Å²) in [7, 11) is 0. The Hall–Kier alpha value is -2.67. The lowest BCUT2D eigenvalue weighted by Crippen LogP contribution is -2.45. The molecule has 3 rings (SSSR count). The molecule has 0 radical (unpaired) electrons. The zero-order valence-electron chi connectivity index (χ0n) is 13.4. The van der Waals surface area contributed by atoms with E-state index in [4.69, 9.17) is 0 Å². The molecule has 1 N–H and O–H groups in total. The van der Waals surface area contributed by atoms with Gasteiger partial charge >= 0.3 is 0 Å². The summed E-state index contributed by atoms with van der Waals surface area (Å²) in [4.78, 5) is 3.86. The summed E-state index contributed by atoms with van der Waals surface area (Å²) in [6.45, 7) is 1.06. The van der Waals surface area contributed by atoms with Crippen LogP contribution >= 0.6 is 0 Å². The lowest BCUT2D eigenvalue weighted by atomic mass is 9.75. The van der Waals surface area contributed by atoms with E-state index >= 15 is 0 Å². The van der Waals surface area contributed by atoms with Crippen LogP contribution in [0.5, 0.6) is 0 Å². The number of hydrogen-bond donors (Lipinski definition) is 1. The molecular weight excluding hydrogens is 331 g/mol. The predicted molar refractivity (Wildman–Crippen MR) is 85.4 cm³/mol. The van der Waals surface area contributed by atoms with Crippen molar-refractivity contribution in [3.8, 4) is 0 Å². The van der Waals surface area contributed by atoms with Crippen LogP contribution in [0.4, 0.5) is 13.2 Å². The van der Waals surface area contributed by atoms with E-state index in [0.717, 1.165) is 12.1 Å². The molecule has 0 aliphatic heterocycles. The van der Waals surface area contributed by atoms with Crippen molar-refractivity contribution in [1.29, 1.82) is 0 Å². The maximum atomic E-state index is 14.6. The molecule has 0 spiro atoms. The first kappa shape index (κ1) is 17.2. The van der Waals surface area contributed by atoms with Gasteiger partial charge in [0.15, 0.2) is 0 Å². The largest absolute Gasteiger partial charge is 0.393 e. The van der Waals surface area contributed by atoms with Crippen molar-refractivity contribution in [2.24, 2.45) is 0 Å². The van der Waals surface area contributed by atoms with Crippen molar-refractivity contribution in [3.63, 3.8) is 0 Å². The van der Waals surface area contributed by atoms with Gasteiger partial charge in [0.05, 0.1) is 6.61 Å². The number of nitrogens with zero attached hydrogens (tertiary/aromatic N) is 3. The molecule has 0 saturated carbocycles. The molecule has 7 heteroatoms. The van der Waals surface area contributed by atoms with E-state index in [2.05, 4.69) is 10.1 Å². The minimum Gasteiger partial charge on any atom is -0.393 e. The standard InChI is InChI=1S/C18H16F3N3O/c1-12(14-4-2-3-5-16(14)20)18(9-25,24-11-22-10-23-24)15-7-6-13(19)8-17(15)21/h2-8,10-12,25H,9H2,1H3. The summed E-state index contributed by atoms with van der Waals surface area (Å²) in [5.41, 5.74) is -1.22. The second-order valence-corrected chi connectivity index (χ2v) is 5.79. The van der Waals surface area contributed by atoms with Gasteiger partial charge in [-0.1, -0.05) is 31.2 Å². The zero-order valence-corrected chi connectivity index (χ0v) is 13.4. The molecule has 1 aromatic heterocycles. The Morgan fingerprint density at radius 3 is 2.48 bits per heavy atom. The highest BCUT2D eigenvalue weighted by molar-refractivity contribution is 5.35. The third-order valence-corrected chi connectivity index (χ3v) is 4.55. The topological polar surface area (TPSA) is 50.9 Å². The molecule has 0 aliphatic carbocycles. The predicted octanol–water partition coefficient (Wildman–Crippen LogP) is 3.24. The molecule has 2 unspecified atom stereocenters. The highest BCUT2D eigenvalue weighted by atomic mass is 19.1. The maximum Gasteiger partial charge on any atom is 0.137 e. The van der Waals surface area contributed by atoms with Crippen LogP contribution in [0.15, 0.2) is 55.1 Å². The SMILES string of the molecule is CC(c1ccccc1F)C(CO)(c1ccc(F)cc1F)n1cncn1. The average Bonchev–Trinajstić information content (AvgIpc) is 3.12. The molecule has 130 valence electrons. The number of aromatic nitrogens is 3. The molecule has 1 heterocycles. The summed E-state index contributed by atoms with van der Waals surface area (Å²) in [6, 6.07) is 9.09. The summed E-state index contributed by atoms with van der Waals surface area (Å²) in [6.07, 6.45) is 2.55. The van der Waals surface area contributed by atoms with E-state index in [-0.39, 0.29) is 11.1 Å². The van der Waals surface area contributed by atoms with E-state index in [1.807, 2.05) is 0 Å². The summed E-state index contributed by atoms with van der Waals surface area (Å²) in [5.74, 6) is -2.81. The molecule has 0 aliphatic rings. The molecular formula is C18H16F3N3O. The van der Waals surface area contributed by atoms with Crippen molar-refractivity contribution in [2.45, 2.75) is 18.4 Å². The van der Waals surface area contributed by atoms with Crippen LogP contribution in [-0.2, 0) is 5.54 Å². The fourth-order valence-corrected chi connectivity index (χ4v) is 3.19. The number of aliphatic hydroxyl groups is 1. The van der Waals surface area contributed by atoms with E-state index < -0.39 is 35.5 Å². The van der Waals surface area contributed by atoms with Gasteiger partial charge in [-0.2, -0.15) is 5.10 Å². The van der Waals surface area contributed by atoms with Crippen molar-refractivity contribution in [2.75, 3.05) is 6.61 Å². The first-order valence-corrected chi connectivity index (χ1v) is 7.66. The first-order valence-electron chi connectivity index (χ1n) is 7.66. The van der Waals surface area contributed by atoms with Crippen LogP contribution in [0.1, 0.15) is 24.0 Å². The quantitative estimate of drug-likeness (QED) is 0.771. The summed E-state index contributed by atoms with van der Waals surface area (Å²) in [5, 5.41) is 14.3. The minimum absolute atomic E-state index is 0.00217. The molecule has 25 heavy (non-hydrogen) atoms. The molecule has 0 bridgehead atoms. The normalized spacial score (nSPS) is 14.9. The Kier molecular flexibility index (Phi) is 4.59. The lowest BCUT2D eigenvalue weighted by Gasteiger charge is -2.38. The van der Waals surface area contributed by atoms with E-state index in [1.54, 1.807) is 25.1 Å². The van der Waals surface area contributed by atoms with Gasteiger partial charge in [0.1, 0.15) is 35.6 Å². The van der Waals surface area contributed by atoms with Crippen LogP contribution in [0, 0.1) is 17.5 Å². The summed E-state index contributed by atoms with van der Waals surface area (Å²) < 4.78 is 43.6. The van der Waals surface area contributed by atoms with Crippen molar-refractivity contribution in [3.05, 3.63) is 83.7 Å². The number of benzene rings is 2. The Balaban J connectivity index is 2.28. The third kappa shape index (κ3) is 2.80. The molecule has 0 saturated heterocycles. The molecule has 0 fully saturated rings. The van der Waals surface area contributed by atoms with Crippen LogP contribution in [0.3, 0.4) is 0 Å². The van der Waals surface area contributed by atoms with Crippen molar-refractivity contribution >= 4 is 0 Å². The van der Waals surface area contributed by atoms with Gasteiger partial charge in [0.25, 0.3) is 0 Å². The molecule has 2 aromatic carbocycles. The fraction of sp³-hybridized carbons (Fsp3) is 0.222. The van der Waals surface area contributed by atoms with Gasteiger partial charge in [-0.05, 0) is 17.7 Å². The number of rotatable bonds is 5. The third-order valence-electron chi connectivity index (χ3n) is 4.55. The highest BCUT2D eigenvalue weighted by Crippen LogP contribution is 2.41. The monoisotopic (exact) mass is 347 g/mol. The van der Waals surface area contributed by atoms with Crippen molar-refractivity contribution in [1.82, 2.24) is 14.8 Å². The number of halogens is 3. The Morgan fingerprint density at radius 2 is 1.88 bits per heavy atom. The van der Waals surface area contributed by atoms with Gasteiger partial charge in [-0.3, -0.25) is 0 Å². The molecule has 4 nitrogen and oxygen atoms in total. The second kappa shape index (κ2) is 6.68. The van der Waals surface area contributed by atoms with Gasteiger partial charge < -0.3 is 5.11 Å². The molecule has 3 aromatic rings. The highest BCUT2D eigenvalue weighted by Gasteiger charge is 2.44. The van der Waals surface area contributed by atoms with Crippen LogP contribution in [-0.4, -0.2) is 26.5 Å². The van der Waals surface area contributed by atoms with Crippen LogP contribution in [0.2, 0.25) is 0 Å². The summed E-state index contributed by atoms with van der Waals surface area (Å²) >= 11 is 0. The minimum atomic E-state index is -1.49. The van der Waals surface area contributed by atoms with E-state index in [1.165, 1.54) is 29.5 Å². The second-order valence-electron chi connectivity index (χ2n) is 5.79. The van der Waals surface area contributed by atoms with Gasteiger partial charge in [-0.15, -0.1) is 0 Å². The Bertz CT molecular complexity index is 870. The van der Waals surface area contributed by atoms with Gasteiger partial charge in [0.2, 0.25) is 0 Å².